The molecule has 3 aromatic rings. The molecule has 0 radical (unpaired) electrons. The van der Waals surface area contributed by atoms with Crippen molar-refractivity contribution in [2.75, 3.05) is 24.7 Å². The van der Waals surface area contributed by atoms with Gasteiger partial charge in [-0.25, -0.2) is 4.98 Å². The van der Waals surface area contributed by atoms with Crippen LogP contribution in [-0.2, 0) is 17.8 Å². The predicted molar refractivity (Wildman–Crippen MR) is 128 cm³/mol. The van der Waals surface area contributed by atoms with Gasteiger partial charge in [0, 0.05) is 30.1 Å². The topological polar surface area (TPSA) is 59.8 Å². The van der Waals surface area contributed by atoms with Crippen molar-refractivity contribution < 1.29 is 9.47 Å². The SMILES string of the molecule is CCc1c(C)nc2n(c1=O)CN(CC1CCCO1)CN2c1ccc(Oc2ccccc2)cc1. The molecule has 0 aliphatic carbocycles. The smallest absolute Gasteiger partial charge is 0.259 e. The molecular weight excluding hydrogens is 416 g/mol. The van der Waals surface area contributed by atoms with Gasteiger partial charge in [-0.3, -0.25) is 19.2 Å². The van der Waals surface area contributed by atoms with Gasteiger partial charge in [-0.2, -0.15) is 0 Å². The van der Waals surface area contributed by atoms with Gasteiger partial charge in [-0.15, -0.1) is 0 Å². The van der Waals surface area contributed by atoms with E-state index in [9.17, 15) is 4.79 Å². The lowest BCUT2D eigenvalue weighted by Crippen LogP contribution is -2.49. The zero-order valence-electron chi connectivity index (χ0n) is 19.2. The normalized spacial score (nSPS) is 18.4. The van der Waals surface area contributed by atoms with Gasteiger partial charge in [0.2, 0.25) is 5.95 Å². The van der Waals surface area contributed by atoms with E-state index in [1.165, 1.54) is 0 Å². The number of rotatable bonds is 6. The molecule has 3 heterocycles. The Hall–Kier alpha value is -3.16. The number of anilines is 2. The molecule has 7 heteroatoms. The van der Waals surface area contributed by atoms with Gasteiger partial charge in [0.05, 0.1) is 19.4 Å². The quantitative estimate of drug-likeness (QED) is 0.557. The van der Waals surface area contributed by atoms with Crippen molar-refractivity contribution in [3.63, 3.8) is 0 Å². The Morgan fingerprint density at radius 3 is 2.52 bits per heavy atom. The lowest BCUT2D eigenvalue weighted by atomic mass is 10.2. The zero-order valence-corrected chi connectivity index (χ0v) is 19.2. The van der Waals surface area contributed by atoms with Crippen LogP contribution in [0, 0.1) is 6.92 Å². The minimum atomic E-state index is 0.0473. The van der Waals surface area contributed by atoms with E-state index >= 15 is 0 Å². The summed E-state index contributed by atoms with van der Waals surface area (Å²) in [7, 11) is 0. The van der Waals surface area contributed by atoms with Crippen molar-refractivity contribution in [1.82, 2.24) is 14.5 Å². The maximum atomic E-state index is 13.3. The number of fused-ring (bicyclic) bond motifs is 1. The maximum Gasteiger partial charge on any atom is 0.259 e. The number of nitrogens with zero attached hydrogens (tertiary/aromatic N) is 4. The molecule has 2 aromatic carbocycles. The summed E-state index contributed by atoms with van der Waals surface area (Å²) in [4.78, 5) is 22.5. The lowest BCUT2D eigenvalue weighted by Gasteiger charge is -2.39. The van der Waals surface area contributed by atoms with Crippen LogP contribution < -0.4 is 15.2 Å². The Balaban J connectivity index is 1.46. The number of aryl methyl sites for hydroxylation is 1. The summed E-state index contributed by atoms with van der Waals surface area (Å²) in [6.45, 7) is 6.73. The first-order chi connectivity index (χ1) is 16.1. The summed E-state index contributed by atoms with van der Waals surface area (Å²) in [6, 6.07) is 17.7. The second-order valence-corrected chi connectivity index (χ2v) is 8.67. The molecule has 172 valence electrons. The third-order valence-corrected chi connectivity index (χ3v) is 6.34. The molecule has 0 amide bonds. The van der Waals surface area contributed by atoms with E-state index in [-0.39, 0.29) is 11.7 Å². The van der Waals surface area contributed by atoms with Gasteiger partial charge in [-0.05, 0) is 62.6 Å². The summed E-state index contributed by atoms with van der Waals surface area (Å²) in [5, 5.41) is 0. The molecule has 5 rings (SSSR count). The largest absolute Gasteiger partial charge is 0.457 e. The average Bonchev–Trinajstić information content (AvgIpc) is 3.34. The van der Waals surface area contributed by atoms with Crippen LogP contribution >= 0.6 is 0 Å². The minimum absolute atomic E-state index is 0.0473. The van der Waals surface area contributed by atoms with Crippen LogP contribution in [0.1, 0.15) is 31.0 Å². The Kier molecular flexibility index (Phi) is 6.15. The highest BCUT2D eigenvalue weighted by molar-refractivity contribution is 5.59. The lowest BCUT2D eigenvalue weighted by molar-refractivity contribution is 0.0584. The minimum Gasteiger partial charge on any atom is -0.457 e. The first-order valence-corrected chi connectivity index (χ1v) is 11.7. The molecule has 0 bridgehead atoms. The summed E-state index contributed by atoms with van der Waals surface area (Å²) in [5.74, 6) is 2.25. The molecule has 0 spiro atoms. The van der Waals surface area contributed by atoms with E-state index in [0.29, 0.717) is 25.7 Å². The first kappa shape index (κ1) is 21.7. The highest BCUT2D eigenvalue weighted by atomic mass is 16.5. The molecular formula is C26H30N4O3. The third kappa shape index (κ3) is 4.51. The Labute approximate surface area is 194 Å². The second kappa shape index (κ2) is 9.37. The fourth-order valence-corrected chi connectivity index (χ4v) is 4.64. The molecule has 2 aliphatic rings. The van der Waals surface area contributed by atoms with Crippen molar-refractivity contribution in [3.8, 4) is 11.5 Å². The van der Waals surface area contributed by atoms with E-state index in [2.05, 4.69) is 9.80 Å². The third-order valence-electron chi connectivity index (χ3n) is 6.34. The highest BCUT2D eigenvalue weighted by Crippen LogP contribution is 2.31. The van der Waals surface area contributed by atoms with E-state index in [1.807, 2.05) is 68.4 Å². The molecule has 1 fully saturated rings. The monoisotopic (exact) mass is 446 g/mol. The Morgan fingerprint density at radius 1 is 1.06 bits per heavy atom. The number of benzene rings is 2. The van der Waals surface area contributed by atoms with Crippen LogP contribution in [0.5, 0.6) is 11.5 Å². The molecule has 1 atom stereocenters. The number of hydrogen-bond acceptors (Lipinski definition) is 6. The number of hydrogen-bond donors (Lipinski definition) is 0. The zero-order chi connectivity index (χ0) is 22.8. The van der Waals surface area contributed by atoms with E-state index in [4.69, 9.17) is 14.5 Å². The first-order valence-electron chi connectivity index (χ1n) is 11.7. The van der Waals surface area contributed by atoms with Crippen LogP contribution in [0.3, 0.4) is 0 Å². The van der Waals surface area contributed by atoms with E-state index in [0.717, 1.165) is 54.4 Å². The van der Waals surface area contributed by atoms with Crippen LogP contribution in [0.15, 0.2) is 59.4 Å². The van der Waals surface area contributed by atoms with E-state index < -0.39 is 0 Å². The van der Waals surface area contributed by atoms with Crippen molar-refractivity contribution in [2.24, 2.45) is 0 Å². The van der Waals surface area contributed by atoms with Crippen LogP contribution in [0.2, 0.25) is 0 Å². The van der Waals surface area contributed by atoms with Gasteiger partial charge < -0.3 is 9.47 Å². The number of ether oxygens (including phenoxy) is 2. The maximum absolute atomic E-state index is 13.3. The number of aromatic nitrogens is 2. The summed E-state index contributed by atoms with van der Waals surface area (Å²) in [6.07, 6.45) is 3.06. The molecule has 0 saturated carbocycles. The molecule has 2 aliphatic heterocycles. The van der Waals surface area contributed by atoms with Gasteiger partial charge >= 0.3 is 0 Å². The average molecular weight is 447 g/mol. The van der Waals surface area contributed by atoms with Gasteiger partial charge in [0.15, 0.2) is 0 Å². The summed E-state index contributed by atoms with van der Waals surface area (Å²) < 4.78 is 13.6. The number of para-hydroxylation sites is 1. The standard InChI is InChI=1S/C26H30N4O3/c1-3-24-19(2)27-26-29(17-28(18-30(26)25(24)31)16-23-10-7-15-32-23)20-11-13-22(14-12-20)33-21-8-5-4-6-9-21/h4-6,8-9,11-14,23H,3,7,10,15-18H2,1-2H3. The molecule has 0 N–H and O–H groups in total. The van der Waals surface area contributed by atoms with Crippen molar-refractivity contribution in [1.29, 1.82) is 0 Å². The van der Waals surface area contributed by atoms with Crippen molar-refractivity contribution in [2.45, 2.75) is 45.9 Å². The van der Waals surface area contributed by atoms with Crippen molar-refractivity contribution in [3.05, 3.63) is 76.2 Å². The summed E-state index contributed by atoms with van der Waals surface area (Å²) in [5.41, 5.74) is 2.60. The van der Waals surface area contributed by atoms with Gasteiger partial charge in [0.25, 0.3) is 5.56 Å². The molecule has 7 nitrogen and oxygen atoms in total. The highest BCUT2D eigenvalue weighted by Gasteiger charge is 2.30. The van der Waals surface area contributed by atoms with Crippen LogP contribution in [-0.4, -0.2) is 40.4 Å². The van der Waals surface area contributed by atoms with Crippen molar-refractivity contribution >= 4 is 11.6 Å². The van der Waals surface area contributed by atoms with Crippen LogP contribution in [0.4, 0.5) is 11.6 Å². The van der Waals surface area contributed by atoms with Gasteiger partial charge in [-0.1, -0.05) is 25.1 Å². The molecule has 33 heavy (non-hydrogen) atoms. The Morgan fingerprint density at radius 2 is 1.82 bits per heavy atom. The fourth-order valence-electron chi connectivity index (χ4n) is 4.64. The fraction of sp³-hybridized carbons (Fsp3) is 0.385. The van der Waals surface area contributed by atoms with Gasteiger partial charge in [0.1, 0.15) is 11.5 Å². The Bertz CT molecular complexity index is 1150. The second-order valence-electron chi connectivity index (χ2n) is 8.67. The van der Waals surface area contributed by atoms with Crippen LogP contribution in [0.25, 0.3) is 0 Å². The summed E-state index contributed by atoms with van der Waals surface area (Å²) >= 11 is 0. The van der Waals surface area contributed by atoms with E-state index in [1.54, 1.807) is 4.57 Å². The molecule has 1 saturated heterocycles. The predicted octanol–water partition coefficient (Wildman–Crippen LogP) is 4.45. The molecule has 1 unspecified atom stereocenters. The molecule has 1 aromatic heterocycles.